The van der Waals surface area contributed by atoms with Crippen molar-refractivity contribution in [2.24, 2.45) is 0 Å². The summed E-state index contributed by atoms with van der Waals surface area (Å²) in [6.45, 7) is 2.04. The number of benzene rings is 2. The molecule has 0 aliphatic heterocycles. The zero-order chi connectivity index (χ0) is 21.2. The average molecular weight is 402 g/mol. The molecule has 0 aliphatic rings. The lowest BCUT2D eigenvalue weighted by Gasteiger charge is -2.10. The minimum absolute atomic E-state index is 0.217. The van der Waals surface area contributed by atoms with E-state index in [2.05, 4.69) is 5.32 Å². The summed E-state index contributed by atoms with van der Waals surface area (Å²) in [7, 11) is 0. The topological polar surface area (TPSA) is 78.4 Å². The molecule has 0 saturated carbocycles. The van der Waals surface area contributed by atoms with Gasteiger partial charge in [-0.2, -0.15) is 0 Å². The third-order valence-corrected chi connectivity index (χ3v) is 4.38. The smallest absolute Gasteiger partial charge is 0.251 e. The predicted octanol–water partition coefficient (Wildman–Crippen LogP) is 4.00. The van der Waals surface area contributed by atoms with Crippen LogP contribution in [0.25, 0.3) is 11.6 Å². The fourth-order valence-electron chi connectivity index (χ4n) is 2.77. The molecule has 0 radical (unpaired) electrons. The lowest BCUT2D eigenvalue weighted by Crippen LogP contribution is -2.25. The van der Waals surface area contributed by atoms with Crippen LogP contribution in [0.3, 0.4) is 0 Å². The number of hydrogen-bond donors (Lipinski definition) is 3. The normalized spacial score (nSPS) is 11.2. The van der Waals surface area contributed by atoms with Crippen LogP contribution in [0.2, 0.25) is 0 Å². The van der Waals surface area contributed by atoms with Crippen LogP contribution in [0.1, 0.15) is 42.4 Å². The van der Waals surface area contributed by atoms with Crippen LogP contribution in [-0.4, -0.2) is 23.6 Å². The summed E-state index contributed by atoms with van der Waals surface area (Å²) in [5.41, 5.74) is 3.59. The third kappa shape index (κ3) is 7.12. The molecule has 0 unspecified atom stereocenters. The van der Waals surface area contributed by atoms with Gasteiger partial charge in [-0.3, -0.25) is 14.8 Å². The monoisotopic (exact) mass is 402 g/mol. The summed E-state index contributed by atoms with van der Waals surface area (Å²) < 4.78 is 26.8. The number of hydrogen-bond acceptors (Lipinski definition) is 3. The van der Waals surface area contributed by atoms with Gasteiger partial charge in [-0.1, -0.05) is 24.6 Å². The average Bonchev–Trinajstić information content (AvgIpc) is 2.71. The second kappa shape index (κ2) is 11.1. The maximum Gasteiger partial charge on any atom is 0.251 e. The lowest BCUT2D eigenvalue weighted by molar-refractivity contribution is -0.129. The Morgan fingerprint density at radius 2 is 1.76 bits per heavy atom. The highest BCUT2D eigenvalue weighted by Crippen LogP contribution is 2.21. The van der Waals surface area contributed by atoms with Crippen LogP contribution < -0.4 is 10.8 Å². The van der Waals surface area contributed by atoms with Crippen LogP contribution >= 0.6 is 0 Å². The Hall–Kier alpha value is -3.06. The number of unbranched alkanes of at least 4 members (excludes halogenated alkanes) is 2. The van der Waals surface area contributed by atoms with E-state index < -0.39 is 11.7 Å². The fourth-order valence-corrected chi connectivity index (χ4v) is 2.77. The molecule has 0 atom stereocenters. The first-order chi connectivity index (χ1) is 13.9. The molecule has 0 spiro atoms. The second-order valence-corrected chi connectivity index (χ2v) is 6.68. The van der Waals surface area contributed by atoms with E-state index >= 15 is 0 Å². The summed E-state index contributed by atoms with van der Waals surface area (Å²) in [4.78, 5) is 23.7. The maximum absolute atomic E-state index is 13.5. The van der Waals surface area contributed by atoms with Crippen LogP contribution in [0.4, 0.5) is 8.78 Å². The third-order valence-electron chi connectivity index (χ3n) is 4.38. The van der Waals surface area contributed by atoms with Crippen LogP contribution in [0.15, 0.2) is 42.5 Å². The first-order valence-corrected chi connectivity index (χ1v) is 9.35. The second-order valence-electron chi connectivity index (χ2n) is 6.68. The highest BCUT2D eigenvalue weighted by atomic mass is 19.1. The van der Waals surface area contributed by atoms with E-state index in [0.717, 1.165) is 0 Å². The van der Waals surface area contributed by atoms with Crippen LogP contribution in [0, 0.1) is 18.6 Å². The van der Waals surface area contributed by atoms with Crippen molar-refractivity contribution in [3.8, 4) is 0 Å². The van der Waals surface area contributed by atoms with Gasteiger partial charge in [0.1, 0.15) is 11.6 Å². The van der Waals surface area contributed by atoms with Gasteiger partial charge in [0, 0.05) is 18.5 Å². The number of halogens is 2. The van der Waals surface area contributed by atoms with Crippen molar-refractivity contribution in [1.82, 2.24) is 10.8 Å². The van der Waals surface area contributed by atoms with Crippen molar-refractivity contribution < 1.29 is 23.6 Å². The zero-order valence-corrected chi connectivity index (χ0v) is 16.2. The molecule has 0 fully saturated rings. The molecule has 7 heteroatoms. The van der Waals surface area contributed by atoms with Gasteiger partial charge >= 0.3 is 0 Å². The van der Waals surface area contributed by atoms with E-state index in [1.54, 1.807) is 30.6 Å². The van der Waals surface area contributed by atoms with Crippen molar-refractivity contribution in [2.75, 3.05) is 6.54 Å². The number of amides is 2. The highest BCUT2D eigenvalue weighted by Gasteiger charge is 2.13. The highest BCUT2D eigenvalue weighted by molar-refractivity contribution is 6.24. The van der Waals surface area contributed by atoms with E-state index in [1.807, 2.05) is 0 Å². The fraction of sp³-hybridized carbons (Fsp3) is 0.273. The molecule has 5 nitrogen and oxygen atoms in total. The molecule has 0 aromatic heterocycles. The minimum Gasteiger partial charge on any atom is -0.352 e. The van der Waals surface area contributed by atoms with Gasteiger partial charge in [0.15, 0.2) is 0 Å². The Kier molecular flexibility index (Phi) is 8.48. The molecule has 0 saturated heterocycles. The Labute approximate surface area is 168 Å². The maximum atomic E-state index is 13.5. The van der Waals surface area contributed by atoms with E-state index in [-0.39, 0.29) is 18.1 Å². The Balaban J connectivity index is 2.08. The first-order valence-electron chi connectivity index (χ1n) is 9.35. The number of carbonyl (C=O) groups is 2. The van der Waals surface area contributed by atoms with Crippen LogP contribution in [0.5, 0.6) is 0 Å². The molecule has 2 amide bonds. The Morgan fingerprint density at radius 1 is 1.03 bits per heavy atom. The number of aryl methyl sites for hydroxylation is 1. The van der Waals surface area contributed by atoms with Crippen molar-refractivity contribution in [3.05, 3.63) is 70.8 Å². The predicted molar refractivity (Wildman–Crippen MR) is 107 cm³/mol. The van der Waals surface area contributed by atoms with Gasteiger partial charge in [0.05, 0.1) is 0 Å². The summed E-state index contributed by atoms with van der Waals surface area (Å²) in [5, 5.41) is 11.3. The quantitative estimate of drug-likeness (QED) is 0.195. The van der Waals surface area contributed by atoms with E-state index in [1.165, 1.54) is 30.3 Å². The zero-order valence-electron chi connectivity index (χ0n) is 16.2. The molecule has 154 valence electrons. The van der Waals surface area contributed by atoms with Gasteiger partial charge in [-0.15, -0.1) is 0 Å². The number of hydroxylamine groups is 1. The van der Waals surface area contributed by atoms with Gasteiger partial charge < -0.3 is 5.32 Å². The van der Waals surface area contributed by atoms with Gasteiger partial charge in [0.2, 0.25) is 5.91 Å². The lowest BCUT2D eigenvalue weighted by atomic mass is 10.0. The molecular weight excluding hydrogens is 378 g/mol. The summed E-state index contributed by atoms with van der Waals surface area (Å²) in [5.74, 6) is -1.50. The molecular formula is C22H24F2N2O3. The number of nitrogens with one attached hydrogen (secondary N) is 2. The summed E-state index contributed by atoms with van der Waals surface area (Å²) in [6, 6.07) is 10.1. The van der Waals surface area contributed by atoms with Gasteiger partial charge in [-0.05, 0) is 66.8 Å². The van der Waals surface area contributed by atoms with E-state index in [4.69, 9.17) is 5.21 Å². The van der Waals surface area contributed by atoms with Gasteiger partial charge in [0.25, 0.3) is 5.91 Å². The van der Waals surface area contributed by atoms with Crippen molar-refractivity contribution in [2.45, 2.75) is 32.6 Å². The SMILES string of the molecule is Cc1cc(/C=C(\C(=O)NCCCCCC(=O)NO)c2ccc(F)cc2)ccc1F. The minimum atomic E-state index is -0.440. The molecule has 0 aliphatic carbocycles. The molecule has 29 heavy (non-hydrogen) atoms. The number of carbonyl (C=O) groups excluding carboxylic acids is 2. The standard InChI is InChI=1S/C22H24F2N2O3/c1-15-13-16(6-11-20(15)24)14-19(17-7-9-18(23)10-8-17)22(28)25-12-4-2-3-5-21(27)26-29/h6-11,13-14,29H,2-5,12H2,1H3,(H,25,28)(H,26,27)/b19-14-. The van der Waals surface area contributed by atoms with E-state index in [0.29, 0.717) is 48.1 Å². The first kappa shape index (κ1) is 22.2. The largest absolute Gasteiger partial charge is 0.352 e. The van der Waals surface area contributed by atoms with Gasteiger partial charge in [-0.25, -0.2) is 14.3 Å². The Morgan fingerprint density at radius 3 is 2.41 bits per heavy atom. The summed E-state index contributed by atoms with van der Waals surface area (Å²) in [6.07, 6.45) is 3.82. The van der Waals surface area contributed by atoms with Crippen molar-refractivity contribution in [3.63, 3.8) is 0 Å². The molecule has 2 aromatic carbocycles. The number of rotatable bonds is 9. The Bertz CT molecular complexity index is 880. The van der Waals surface area contributed by atoms with E-state index in [9.17, 15) is 18.4 Å². The molecule has 0 bridgehead atoms. The van der Waals surface area contributed by atoms with Crippen LogP contribution in [-0.2, 0) is 9.59 Å². The molecule has 0 heterocycles. The molecule has 2 rings (SSSR count). The van der Waals surface area contributed by atoms with Crippen molar-refractivity contribution in [1.29, 1.82) is 0 Å². The molecule has 2 aromatic rings. The molecule has 3 N–H and O–H groups in total. The summed E-state index contributed by atoms with van der Waals surface area (Å²) >= 11 is 0. The van der Waals surface area contributed by atoms with Crippen molar-refractivity contribution >= 4 is 23.5 Å².